The Morgan fingerprint density at radius 2 is 2.03 bits per heavy atom. The number of carbonyl (C=O) groups is 1. The number of nitrogens with zero attached hydrogens (tertiary/aromatic N) is 5. The van der Waals surface area contributed by atoms with E-state index in [0.717, 1.165) is 30.1 Å². The number of amides is 1. The predicted molar refractivity (Wildman–Crippen MR) is 120 cm³/mol. The zero-order valence-electron chi connectivity index (χ0n) is 16.6. The summed E-state index contributed by atoms with van der Waals surface area (Å²) in [4.78, 5) is 18.5. The number of benzene rings is 1. The molecular weight excluding hydrogens is 416 g/mol. The lowest BCUT2D eigenvalue weighted by atomic mass is 10.2. The summed E-state index contributed by atoms with van der Waals surface area (Å²) in [5.41, 5.74) is 1.73. The van der Waals surface area contributed by atoms with Crippen molar-refractivity contribution in [2.45, 2.75) is 19.4 Å². The molecule has 30 heavy (non-hydrogen) atoms. The minimum atomic E-state index is -0.435. The van der Waals surface area contributed by atoms with E-state index in [-0.39, 0.29) is 5.91 Å². The zero-order chi connectivity index (χ0) is 21.1. The molecule has 0 aliphatic carbocycles. The number of H-pyrrole nitrogens is 1. The van der Waals surface area contributed by atoms with Gasteiger partial charge in [-0.25, -0.2) is 0 Å². The molecule has 3 aromatic rings. The largest absolute Gasteiger partial charge is 0.370 e. The molecule has 1 aromatic carbocycles. The minimum Gasteiger partial charge on any atom is -0.370 e. The maximum atomic E-state index is 13.3. The molecular formula is C21H22N6OS2. The van der Waals surface area contributed by atoms with Crippen LogP contribution in [0.4, 0.5) is 5.69 Å². The van der Waals surface area contributed by atoms with Crippen molar-refractivity contribution in [1.29, 1.82) is 5.26 Å². The first-order valence-corrected chi connectivity index (χ1v) is 11.1. The van der Waals surface area contributed by atoms with Gasteiger partial charge in [0.1, 0.15) is 6.04 Å². The molecule has 4 rings (SSSR count). The summed E-state index contributed by atoms with van der Waals surface area (Å²) in [6, 6.07) is 13.2. The lowest BCUT2D eigenvalue weighted by Crippen LogP contribution is -2.39. The van der Waals surface area contributed by atoms with Crippen molar-refractivity contribution in [2.75, 3.05) is 31.1 Å². The number of nitriles is 1. The fourth-order valence-electron chi connectivity index (χ4n) is 3.76. The zero-order valence-corrected chi connectivity index (χ0v) is 18.2. The van der Waals surface area contributed by atoms with E-state index in [0.29, 0.717) is 29.2 Å². The molecule has 0 saturated carbocycles. The van der Waals surface area contributed by atoms with Crippen LogP contribution in [0.2, 0.25) is 0 Å². The molecule has 7 nitrogen and oxygen atoms in total. The topological polar surface area (TPSA) is 80.9 Å². The number of thiophene rings is 1. The molecule has 1 unspecified atom stereocenters. The van der Waals surface area contributed by atoms with Crippen LogP contribution in [0.15, 0.2) is 41.8 Å². The van der Waals surface area contributed by atoms with Crippen LogP contribution in [0.3, 0.4) is 0 Å². The Morgan fingerprint density at radius 3 is 2.73 bits per heavy atom. The molecule has 2 aromatic heterocycles. The molecule has 1 saturated heterocycles. The Bertz CT molecular complexity index is 1110. The van der Waals surface area contributed by atoms with Crippen molar-refractivity contribution in [1.82, 2.24) is 19.7 Å². The van der Waals surface area contributed by atoms with Gasteiger partial charge in [-0.1, -0.05) is 6.07 Å². The highest BCUT2D eigenvalue weighted by Crippen LogP contribution is 2.26. The Hall–Kier alpha value is -2.96. The number of hydrogen-bond acceptors (Lipinski definition) is 6. The Kier molecular flexibility index (Phi) is 5.97. The summed E-state index contributed by atoms with van der Waals surface area (Å²) < 4.78 is 2.26. The molecule has 3 heterocycles. The third kappa shape index (κ3) is 4.01. The molecule has 1 atom stereocenters. The second-order valence-corrected chi connectivity index (χ2v) is 8.53. The van der Waals surface area contributed by atoms with Gasteiger partial charge in [0.2, 0.25) is 5.91 Å². The highest BCUT2D eigenvalue weighted by molar-refractivity contribution is 7.71. The summed E-state index contributed by atoms with van der Waals surface area (Å²) in [7, 11) is 0. The van der Waals surface area contributed by atoms with Gasteiger partial charge in [0, 0.05) is 31.9 Å². The first-order valence-electron chi connectivity index (χ1n) is 9.83. The molecule has 1 N–H and O–H groups in total. The molecule has 1 aliphatic heterocycles. The molecule has 9 heteroatoms. The Balaban J connectivity index is 1.49. The average molecular weight is 439 g/mol. The lowest BCUT2D eigenvalue weighted by Gasteiger charge is -2.26. The first-order chi connectivity index (χ1) is 14.6. The number of aromatic amines is 1. The quantitative estimate of drug-likeness (QED) is 0.626. The fraction of sp³-hybridized carbons (Fsp3) is 0.333. The Morgan fingerprint density at radius 1 is 1.23 bits per heavy atom. The maximum Gasteiger partial charge on any atom is 0.245 e. The smallest absolute Gasteiger partial charge is 0.245 e. The SMILES string of the molecule is CC(C(=O)N1CCCN(c2ccc(C#N)cc2)CC1)n1c(-c2cccs2)n[nH]c1=S. The summed E-state index contributed by atoms with van der Waals surface area (Å²) in [6.45, 7) is 4.85. The molecule has 0 spiro atoms. The second kappa shape index (κ2) is 8.81. The van der Waals surface area contributed by atoms with E-state index in [1.807, 2.05) is 58.2 Å². The normalized spacial score (nSPS) is 15.5. The second-order valence-electron chi connectivity index (χ2n) is 7.20. The predicted octanol–water partition coefficient (Wildman–Crippen LogP) is 3.84. The van der Waals surface area contributed by atoms with Crippen molar-refractivity contribution < 1.29 is 4.79 Å². The van der Waals surface area contributed by atoms with Crippen LogP contribution in [-0.4, -0.2) is 51.8 Å². The van der Waals surface area contributed by atoms with Gasteiger partial charge in [-0.15, -0.1) is 11.3 Å². The number of carbonyl (C=O) groups excluding carboxylic acids is 1. The molecule has 154 valence electrons. The minimum absolute atomic E-state index is 0.0481. The van der Waals surface area contributed by atoms with Crippen LogP contribution in [-0.2, 0) is 4.79 Å². The highest BCUT2D eigenvalue weighted by atomic mass is 32.1. The van der Waals surface area contributed by atoms with Gasteiger partial charge < -0.3 is 9.80 Å². The fourth-order valence-corrected chi connectivity index (χ4v) is 4.76. The third-order valence-electron chi connectivity index (χ3n) is 5.36. The van der Waals surface area contributed by atoms with Gasteiger partial charge in [-0.2, -0.15) is 10.4 Å². The number of rotatable bonds is 4. The van der Waals surface area contributed by atoms with Crippen LogP contribution in [0.25, 0.3) is 10.7 Å². The van der Waals surface area contributed by atoms with Gasteiger partial charge >= 0.3 is 0 Å². The number of hydrogen-bond donors (Lipinski definition) is 1. The van der Waals surface area contributed by atoms with Crippen molar-refractivity contribution in [3.8, 4) is 16.8 Å². The Labute approximate surface area is 184 Å². The molecule has 0 radical (unpaired) electrons. The van der Waals surface area contributed by atoms with Crippen molar-refractivity contribution in [2.24, 2.45) is 0 Å². The molecule has 1 aliphatic rings. The summed E-state index contributed by atoms with van der Waals surface area (Å²) >= 11 is 6.99. The van der Waals surface area contributed by atoms with Crippen molar-refractivity contribution >= 4 is 35.1 Å². The van der Waals surface area contributed by atoms with E-state index < -0.39 is 6.04 Å². The standard InChI is InChI=1S/C21H22N6OS2/c1-15(27-19(23-24-21(27)29)18-4-2-13-30-18)20(28)26-10-3-9-25(11-12-26)17-7-5-16(14-22)6-8-17/h2,4-8,13,15H,3,9-12H2,1H3,(H,24,29). The molecule has 0 bridgehead atoms. The monoisotopic (exact) mass is 438 g/mol. The first kappa shape index (κ1) is 20.3. The van der Waals surface area contributed by atoms with Crippen LogP contribution < -0.4 is 4.90 Å². The van der Waals surface area contributed by atoms with Gasteiger partial charge in [-0.05, 0) is 61.3 Å². The van der Waals surface area contributed by atoms with Crippen LogP contribution in [0.1, 0.15) is 24.9 Å². The number of aromatic nitrogens is 3. The van der Waals surface area contributed by atoms with Gasteiger partial charge in [0.25, 0.3) is 0 Å². The summed E-state index contributed by atoms with van der Waals surface area (Å²) in [5, 5.41) is 18.1. The van der Waals surface area contributed by atoms with E-state index >= 15 is 0 Å². The van der Waals surface area contributed by atoms with Crippen LogP contribution >= 0.6 is 23.6 Å². The van der Waals surface area contributed by atoms with Gasteiger partial charge in [0.05, 0.1) is 16.5 Å². The van der Waals surface area contributed by atoms with E-state index in [9.17, 15) is 4.79 Å². The summed E-state index contributed by atoms with van der Waals surface area (Å²) in [5.74, 6) is 0.747. The van der Waals surface area contributed by atoms with Crippen LogP contribution in [0, 0.1) is 16.1 Å². The number of nitrogens with one attached hydrogen (secondary N) is 1. The van der Waals surface area contributed by atoms with E-state index in [4.69, 9.17) is 17.5 Å². The van der Waals surface area contributed by atoms with Gasteiger partial charge in [0.15, 0.2) is 10.6 Å². The highest BCUT2D eigenvalue weighted by Gasteiger charge is 2.27. The summed E-state index contributed by atoms with van der Waals surface area (Å²) in [6.07, 6.45) is 0.882. The molecule has 1 amide bonds. The lowest BCUT2D eigenvalue weighted by molar-refractivity contribution is -0.134. The van der Waals surface area contributed by atoms with E-state index in [1.54, 1.807) is 11.3 Å². The van der Waals surface area contributed by atoms with Crippen molar-refractivity contribution in [3.63, 3.8) is 0 Å². The van der Waals surface area contributed by atoms with Gasteiger partial charge in [-0.3, -0.25) is 14.5 Å². The van der Waals surface area contributed by atoms with Crippen molar-refractivity contribution in [3.05, 3.63) is 52.1 Å². The third-order valence-corrected chi connectivity index (χ3v) is 6.51. The van der Waals surface area contributed by atoms with Crippen LogP contribution in [0.5, 0.6) is 0 Å². The van der Waals surface area contributed by atoms with E-state index in [2.05, 4.69) is 21.2 Å². The molecule has 1 fully saturated rings. The number of anilines is 1. The van der Waals surface area contributed by atoms with E-state index in [1.165, 1.54) is 0 Å². The average Bonchev–Trinajstić information content (AvgIpc) is 3.36. The maximum absolute atomic E-state index is 13.3.